The summed E-state index contributed by atoms with van der Waals surface area (Å²) in [5.74, 6) is 1.65. The van der Waals surface area contributed by atoms with E-state index in [1.165, 1.54) is 32.1 Å². The SMILES string of the molecule is CC(C)(C)C1CCC2CCCc3cccc1c32. The van der Waals surface area contributed by atoms with E-state index in [0.29, 0.717) is 5.41 Å². The predicted molar refractivity (Wildman–Crippen MR) is 73.6 cm³/mol. The van der Waals surface area contributed by atoms with E-state index in [2.05, 4.69) is 39.0 Å². The second kappa shape index (κ2) is 3.86. The molecule has 0 heterocycles. The highest BCUT2D eigenvalue weighted by atomic mass is 14.4. The van der Waals surface area contributed by atoms with Gasteiger partial charge in [0.15, 0.2) is 0 Å². The van der Waals surface area contributed by atoms with Gasteiger partial charge in [0.05, 0.1) is 0 Å². The van der Waals surface area contributed by atoms with Crippen LogP contribution >= 0.6 is 0 Å². The van der Waals surface area contributed by atoms with E-state index >= 15 is 0 Å². The summed E-state index contributed by atoms with van der Waals surface area (Å²) < 4.78 is 0. The van der Waals surface area contributed by atoms with Crippen LogP contribution in [0.4, 0.5) is 0 Å². The third-order valence-corrected chi connectivity index (χ3v) is 4.86. The zero-order chi connectivity index (χ0) is 12.0. The van der Waals surface area contributed by atoms with Gasteiger partial charge in [-0.3, -0.25) is 0 Å². The summed E-state index contributed by atoms with van der Waals surface area (Å²) in [5, 5.41) is 0. The van der Waals surface area contributed by atoms with Gasteiger partial charge in [-0.15, -0.1) is 0 Å². The molecule has 0 aliphatic heterocycles. The number of benzene rings is 1. The Balaban J connectivity index is 2.12. The Labute approximate surface area is 105 Å². The monoisotopic (exact) mass is 228 g/mol. The van der Waals surface area contributed by atoms with Gasteiger partial charge in [-0.25, -0.2) is 0 Å². The lowest BCUT2D eigenvalue weighted by atomic mass is 9.63. The largest absolute Gasteiger partial charge is 0.0617 e. The highest BCUT2D eigenvalue weighted by Crippen LogP contribution is 2.50. The molecule has 2 aliphatic carbocycles. The van der Waals surface area contributed by atoms with Crippen molar-refractivity contribution in [3.05, 3.63) is 34.9 Å². The van der Waals surface area contributed by atoms with Crippen LogP contribution < -0.4 is 0 Å². The van der Waals surface area contributed by atoms with Gasteiger partial charge in [0.25, 0.3) is 0 Å². The summed E-state index contributed by atoms with van der Waals surface area (Å²) in [5.41, 5.74) is 5.51. The fourth-order valence-corrected chi connectivity index (χ4v) is 4.05. The quantitative estimate of drug-likeness (QED) is 0.584. The molecule has 0 saturated heterocycles. The van der Waals surface area contributed by atoms with Gasteiger partial charge in [0, 0.05) is 0 Å². The number of hydrogen-bond donors (Lipinski definition) is 0. The van der Waals surface area contributed by atoms with Crippen LogP contribution in [-0.2, 0) is 6.42 Å². The highest BCUT2D eigenvalue weighted by molar-refractivity contribution is 5.44. The second-order valence-corrected chi connectivity index (χ2v) is 7.01. The van der Waals surface area contributed by atoms with Crippen LogP contribution in [0.1, 0.15) is 75.0 Å². The number of aryl methyl sites for hydroxylation is 1. The first-order valence-corrected chi connectivity index (χ1v) is 7.19. The van der Waals surface area contributed by atoms with Crippen LogP contribution in [0.3, 0.4) is 0 Å². The molecule has 3 rings (SSSR count). The van der Waals surface area contributed by atoms with Crippen LogP contribution in [0.2, 0.25) is 0 Å². The molecule has 0 bridgehead atoms. The molecule has 92 valence electrons. The zero-order valence-electron chi connectivity index (χ0n) is 11.4. The third kappa shape index (κ3) is 1.82. The topological polar surface area (TPSA) is 0 Å². The lowest BCUT2D eigenvalue weighted by molar-refractivity contribution is 0.271. The first kappa shape index (κ1) is 11.3. The van der Waals surface area contributed by atoms with E-state index in [0.717, 1.165) is 11.8 Å². The normalized spacial score (nSPS) is 27.7. The van der Waals surface area contributed by atoms with Gasteiger partial charge in [-0.05, 0) is 66.0 Å². The predicted octanol–water partition coefficient (Wildman–Crippen LogP) is 5.03. The summed E-state index contributed by atoms with van der Waals surface area (Å²) in [6.07, 6.45) is 6.97. The average molecular weight is 228 g/mol. The third-order valence-electron chi connectivity index (χ3n) is 4.86. The molecule has 2 aliphatic rings. The molecule has 17 heavy (non-hydrogen) atoms. The maximum Gasteiger partial charge on any atom is -0.0110 e. The fourth-order valence-electron chi connectivity index (χ4n) is 4.05. The Morgan fingerprint density at radius 1 is 1.06 bits per heavy atom. The van der Waals surface area contributed by atoms with Crippen LogP contribution in [0.15, 0.2) is 18.2 Å². The molecule has 2 unspecified atom stereocenters. The average Bonchev–Trinajstić information content (AvgIpc) is 2.28. The lowest BCUT2D eigenvalue weighted by Crippen LogP contribution is -2.27. The van der Waals surface area contributed by atoms with Gasteiger partial charge >= 0.3 is 0 Å². The standard InChI is InChI=1S/C17H24/c1-17(2,3)15-11-10-13-7-4-6-12-8-5-9-14(15)16(12)13/h5,8-9,13,15H,4,6-7,10-11H2,1-3H3. The van der Waals surface area contributed by atoms with Gasteiger partial charge < -0.3 is 0 Å². The van der Waals surface area contributed by atoms with Gasteiger partial charge in [0.1, 0.15) is 0 Å². The first-order chi connectivity index (χ1) is 8.07. The summed E-state index contributed by atoms with van der Waals surface area (Å²) >= 11 is 0. The van der Waals surface area contributed by atoms with E-state index in [9.17, 15) is 0 Å². The van der Waals surface area contributed by atoms with Crippen molar-refractivity contribution >= 4 is 0 Å². The van der Waals surface area contributed by atoms with Crippen molar-refractivity contribution in [1.82, 2.24) is 0 Å². The molecule has 1 aromatic carbocycles. The van der Waals surface area contributed by atoms with E-state index < -0.39 is 0 Å². The maximum atomic E-state index is 2.41. The molecule has 1 aromatic rings. The highest BCUT2D eigenvalue weighted by Gasteiger charge is 2.36. The van der Waals surface area contributed by atoms with Gasteiger partial charge in [0.2, 0.25) is 0 Å². The van der Waals surface area contributed by atoms with Gasteiger partial charge in [-0.2, -0.15) is 0 Å². The molecular formula is C17H24. The Morgan fingerprint density at radius 3 is 2.65 bits per heavy atom. The molecular weight excluding hydrogens is 204 g/mol. The van der Waals surface area contributed by atoms with E-state index in [1.807, 2.05) is 0 Å². The minimum atomic E-state index is 0.414. The lowest BCUT2D eigenvalue weighted by Gasteiger charge is -2.41. The van der Waals surface area contributed by atoms with Crippen LogP contribution in [0, 0.1) is 5.41 Å². The first-order valence-electron chi connectivity index (χ1n) is 7.19. The molecule has 0 nitrogen and oxygen atoms in total. The molecule has 0 heteroatoms. The van der Waals surface area contributed by atoms with Crippen molar-refractivity contribution in [2.75, 3.05) is 0 Å². The number of hydrogen-bond acceptors (Lipinski definition) is 0. The minimum Gasteiger partial charge on any atom is -0.0617 e. The molecule has 0 spiro atoms. The molecule has 0 aromatic heterocycles. The summed E-state index contributed by atoms with van der Waals surface area (Å²) in [6, 6.07) is 7.07. The summed E-state index contributed by atoms with van der Waals surface area (Å²) in [4.78, 5) is 0. The van der Waals surface area contributed by atoms with Crippen LogP contribution in [0.25, 0.3) is 0 Å². The maximum absolute atomic E-state index is 2.41. The molecule has 2 atom stereocenters. The summed E-state index contributed by atoms with van der Waals surface area (Å²) in [7, 11) is 0. The molecule has 0 amide bonds. The van der Waals surface area contributed by atoms with E-state index in [1.54, 1.807) is 16.7 Å². The molecule has 0 fully saturated rings. The molecule has 0 N–H and O–H groups in total. The van der Waals surface area contributed by atoms with Crippen molar-refractivity contribution in [3.63, 3.8) is 0 Å². The van der Waals surface area contributed by atoms with Crippen LogP contribution in [0.5, 0.6) is 0 Å². The molecule has 0 radical (unpaired) electrons. The van der Waals surface area contributed by atoms with Crippen LogP contribution in [-0.4, -0.2) is 0 Å². The van der Waals surface area contributed by atoms with Gasteiger partial charge in [-0.1, -0.05) is 39.0 Å². The summed E-state index contributed by atoms with van der Waals surface area (Å²) in [6.45, 7) is 7.21. The second-order valence-electron chi connectivity index (χ2n) is 7.01. The van der Waals surface area contributed by atoms with Crippen molar-refractivity contribution in [3.8, 4) is 0 Å². The van der Waals surface area contributed by atoms with Crippen molar-refractivity contribution < 1.29 is 0 Å². The smallest absolute Gasteiger partial charge is 0.0110 e. The van der Waals surface area contributed by atoms with Crippen molar-refractivity contribution in [2.45, 2.75) is 64.7 Å². The van der Waals surface area contributed by atoms with E-state index in [-0.39, 0.29) is 0 Å². The fraction of sp³-hybridized carbons (Fsp3) is 0.647. The number of rotatable bonds is 0. The minimum absolute atomic E-state index is 0.414. The van der Waals surface area contributed by atoms with Crippen molar-refractivity contribution in [1.29, 1.82) is 0 Å². The Hall–Kier alpha value is -0.780. The Morgan fingerprint density at radius 2 is 1.88 bits per heavy atom. The zero-order valence-corrected chi connectivity index (χ0v) is 11.4. The van der Waals surface area contributed by atoms with Crippen molar-refractivity contribution in [2.24, 2.45) is 5.41 Å². The van der Waals surface area contributed by atoms with E-state index in [4.69, 9.17) is 0 Å². The Bertz CT molecular complexity index is 422. The Kier molecular flexibility index (Phi) is 2.57. The molecule has 0 saturated carbocycles.